The molecule has 0 aromatic heterocycles. The molecule has 2 N–H and O–H groups in total. The average molecular weight is 269 g/mol. The Hall–Kier alpha value is -1.10. The fourth-order valence-corrected chi connectivity index (χ4v) is 2.33. The van der Waals surface area contributed by atoms with Crippen LogP contribution in [0.2, 0.25) is 0 Å². The summed E-state index contributed by atoms with van der Waals surface area (Å²) in [7, 11) is 0. The molecule has 1 aliphatic heterocycles. The van der Waals surface area contributed by atoms with Crippen LogP contribution in [0.4, 0.5) is 4.79 Å². The third-order valence-electron chi connectivity index (χ3n) is 3.34. The zero-order valence-corrected chi connectivity index (χ0v) is 12.7. The van der Waals surface area contributed by atoms with Crippen molar-refractivity contribution in [1.29, 1.82) is 0 Å². The van der Waals surface area contributed by atoms with E-state index in [-0.39, 0.29) is 17.5 Å². The molecule has 1 rings (SSSR count). The second kappa shape index (κ2) is 6.37. The molecule has 0 bridgehead atoms. The third-order valence-corrected chi connectivity index (χ3v) is 3.34. The molecule has 5 nitrogen and oxygen atoms in total. The maximum absolute atomic E-state index is 12.0. The van der Waals surface area contributed by atoms with Gasteiger partial charge >= 0.3 is 6.03 Å². The number of rotatable bonds is 2. The predicted octanol–water partition coefficient (Wildman–Crippen LogP) is 1.73. The second-order valence-electron chi connectivity index (χ2n) is 6.61. The molecule has 0 radical (unpaired) electrons. The van der Waals surface area contributed by atoms with Crippen LogP contribution in [-0.4, -0.2) is 41.5 Å². The third kappa shape index (κ3) is 5.59. The quantitative estimate of drug-likeness (QED) is 0.802. The summed E-state index contributed by atoms with van der Waals surface area (Å²) in [5.41, 5.74) is -0.340. The lowest BCUT2D eigenvalue weighted by molar-refractivity contribution is -0.125. The normalized spacial score (nSPS) is 22.7. The molecular weight excluding hydrogens is 242 g/mol. The molecule has 19 heavy (non-hydrogen) atoms. The summed E-state index contributed by atoms with van der Waals surface area (Å²) in [4.78, 5) is 25.8. The van der Waals surface area contributed by atoms with Gasteiger partial charge in [-0.25, -0.2) is 4.79 Å². The van der Waals surface area contributed by atoms with Crippen LogP contribution in [0, 0.1) is 5.92 Å². The van der Waals surface area contributed by atoms with Gasteiger partial charge in [-0.15, -0.1) is 0 Å². The van der Waals surface area contributed by atoms with Crippen molar-refractivity contribution < 1.29 is 9.59 Å². The molecule has 0 spiro atoms. The van der Waals surface area contributed by atoms with E-state index in [1.54, 1.807) is 0 Å². The first-order valence-electron chi connectivity index (χ1n) is 7.06. The summed E-state index contributed by atoms with van der Waals surface area (Å²) in [6.45, 7) is 11.6. The number of piperidine rings is 1. The van der Waals surface area contributed by atoms with Gasteiger partial charge in [-0.1, -0.05) is 6.92 Å². The lowest BCUT2D eigenvalue weighted by Gasteiger charge is -2.34. The zero-order chi connectivity index (χ0) is 14.6. The van der Waals surface area contributed by atoms with E-state index < -0.39 is 6.03 Å². The number of urea groups is 1. The Balaban J connectivity index is 2.46. The molecule has 1 saturated heterocycles. The number of hydrogen-bond donors (Lipinski definition) is 2. The van der Waals surface area contributed by atoms with Gasteiger partial charge in [0.1, 0.15) is 0 Å². The summed E-state index contributed by atoms with van der Waals surface area (Å²) < 4.78 is 0. The highest BCUT2D eigenvalue weighted by Gasteiger charge is 2.27. The fourth-order valence-electron chi connectivity index (χ4n) is 2.33. The summed E-state index contributed by atoms with van der Waals surface area (Å²) >= 11 is 0. The SMILES string of the molecule is C[C@H]1CCCN([C@H](C)C(=O)NC(=O)NC(C)(C)C)C1. The lowest BCUT2D eigenvalue weighted by atomic mass is 9.99. The molecule has 1 aliphatic rings. The Morgan fingerprint density at radius 3 is 2.47 bits per heavy atom. The highest BCUT2D eigenvalue weighted by Crippen LogP contribution is 2.17. The molecule has 110 valence electrons. The van der Waals surface area contributed by atoms with Gasteiger partial charge < -0.3 is 5.32 Å². The minimum Gasteiger partial charge on any atom is -0.333 e. The first kappa shape index (κ1) is 16.0. The lowest BCUT2D eigenvalue weighted by Crippen LogP contribution is -2.54. The fraction of sp³-hybridized carbons (Fsp3) is 0.857. The summed E-state index contributed by atoms with van der Waals surface area (Å²) in [5, 5.41) is 5.14. The van der Waals surface area contributed by atoms with Gasteiger partial charge in [-0.2, -0.15) is 0 Å². The molecule has 5 heteroatoms. The standard InChI is InChI=1S/C14H27N3O2/c1-10-7-6-8-17(9-10)11(2)12(18)15-13(19)16-14(3,4)5/h10-11H,6-9H2,1-5H3,(H2,15,16,18,19)/t10-,11+/m0/s1. The highest BCUT2D eigenvalue weighted by molar-refractivity contribution is 5.97. The molecule has 0 aromatic carbocycles. The first-order chi connectivity index (χ1) is 8.69. The maximum atomic E-state index is 12.0. The van der Waals surface area contributed by atoms with Crippen molar-refractivity contribution in [1.82, 2.24) is 15.5 Å². The molecule has 0 aromatic rings. The van der Waals surface area contributed by atoms with Crippen LogP contribution in [0.3, 0.4) is 0 Å². The van der Waals surface area contributed by atoms with Gasteiger partial charge in [0, 0.05) is 12.1 Å². The van der Waals surface area contributed by atoms with Crippen molar-refractivity contribution >= 4 is 11.9 Å². The van der Waals surface area contributed by atoms with Crippen LogP contribution >= 0.6 is 0 Å². The van der Waals surface area contributed by atoms with E-state index in [0.29, 0.717) is 5.92 Å². The Labute approximate surface area is 116 Å². The van der Waals surface area contributed by atoms with Crippen LogP contribution in [0.25, 0.3) is 0 Å². The predicted molar refractivity (Wildman–Crippen MR) is 75.9 cm³/mol. The number of nitrogens with one attached hydrogen (secondary N) is 2. The van der Waals surface area contributed by atoms with Gasteiger partial charge in [0.2, 0.25) is 5.91 Å². The number of imide groups is 1. The minimum absolute atomic E-state index is 0.226. The Bertz CT molecular complexity index is 336. The minimum atomic E-state index is -0.422. The summed E-state index contributed by atoms with van der Waals surface area (Å²) in [6.07, 6.45) is 2.34. The van der Waals surface area contributed by atoms with Crippen molar-refractivity contribution in [3.63, 3.8) is 0 Å². The molecule has 2 atom stereocenters. The van der Waals surface area contributed by atoms with Gasteiger partial charge in [-0.3, -0.25) is 15.0 Å². The van der Waals surface area contributed by atoms with E-state index in [2.05, 4.69) is 22.5 Å². The Kier molecular flexibility index (Phi) is 5.35. The first-order valence-corrected chi connectivity index (χ1v) is 7.06. The van der Waals surface area contributed by atoms with Crippen LogP contribution in [0.5, 0.6) is 0 Å². The van der Waals surface area contributed by atoms with E-state index in [9.17, 15) is 9.59 Å². The smallest absolute Gasteiger partial charge is 0.321 e. The number of hydrogen-bond acceptors (Lipinski definition) is 3. The van der Waals surface area contributed by atoms with E-state index in [1.165, 1.54) is 6.42 Å². The monoisotopic (exact) mass is 269 g/mol. The summed E-state index contributed by atoms with van der Waals surface area (Å²) in [5.74, 6) is 0.392. The van der Waals surface area contributed by atoms with Crippen LogP contribution < -0.4 is 10.6 Å². The molecule has 0 saturated carbocycles. The van der Waals surface area contributed by atoms with Crippen LogP contribution in [0.1, 0.15) is 47.5 Å². The number of likely N-dealkylation sites (tertiary alicyclic amines) is 1. The number of carbonyl (C=O) groups is 2. The topological polar surface area (TPSA) is 61.4 Å². The molecule has 3 amide bonds. The van der Waals surface area contributed by atoms with Crippen molar-refractivity contribution in [2.45, 2.75) is 59.0 Å². The van der Waals surface area contributed by atoms with Crippen LogP contribution in [-0.2, 0) is 4.79 Å². The number of nitrogens with zero attached hydrogens (tertiary/aromatic N) is 1. The van der Waals surface area contributed by atoms with Gasteiger partial charge in [0.05, 0.1) is 6.04 Å². The van der Waals surface area contributed by atoms with E-state index in [1.807, 2.05) is 27.7 Å². The molecular formula is C14H27N3O2. The molecule has 0 unspecified atom stereocenters. The largest absolute Gasteiger partial charge is 0.333 e. The molecule has 1 heterocycles. The molecule has 0 aliphatic carbocycles. The van der Waals surface area contributed by atoms with Gasteiger partial charge in [0.15, 0.2) is 0 Å². The Morgan fingerprint density at radius 2 is 1.95 bits per heavy atom. The number of carbonyl (C=O) groups excluding carboxylic acids is 2. The van der Waals surface area contributed by atoms with Crippen molar-refractivity contribution in [2.75, 3.05) is 13.1 Å². The van der Waals surface area contributed by atoms with Crippen molar-refractivity contribution in [3.8, 4) is 0 Å². The highest BCUT2D eigenvalue weighted by atomic mass is 16.2. The average Bonchev–Trinajstić information content (AvgIpc) is 2.25. The molecule has 1 fully saturated rings. The second-order valence-corrected chi connectivity index (χ2v) is 6.61. The van der Waals surface area contributed by atoms with Gasteiger partial charge in [-0.05, 0) is 53.0 Å². The summed E-state index contributed by atoms with van der Waals surface area (Å²) in [6, 6.07) is -0.678. The van der Waals surface area contributed by atoms with Crippen molar-refractivity contribution in [2.24, 2.45) is 5.92 Å². The van der Waals surface area contributed by atoms with E-state index in [0.717, 1.165) is 19.5 Å². The van der Waals surface area contributed by atoms with E-state index >= 15 is 0 Å². The zero-order valence-electron chi connectivity index (χ0n) is 12.7. The van der Waals surface area contributed by atoms with E-state index in [4.69, 9.17) is 0 Å². The Morgan fingerprint density at radius 1 is 1.32 bits per heavy atom. The maximum Gasteiger partial charge on any atom is 0.321 e. The van der Waals surface area contributed by atoms with Crippen molar-refractivity contribution in [3.05, 3.63) is 0 Å². The van der Waals surface area contributed by atoms with Gasteiger partial charge in [0.25, 0.3) is 0 Å². The van der Waals surface area contributed by atoms with Crippen LogP contribution in [0.15, 0.2) is 0 Å². The number of amides is 3.